The molecule has 19 heteroatoms. The van der Waals surface area contributed by atoms with Gasteiger partial charge < -0.3 is 15.8 Å². The average molecular weight is 710 g/mol. The molecule has 1 saturated carbocycles. The zero-order chi connectivity index (χ0) is 35.0. The first-order valence-electron chi connectivity index (χ1n) is 14.1. The van der Waals surface area contributed by atoms with Gasteiger partial charge in [-0.3, -0.25) is 18.7 Å². The van der Waals surface area contributed by atoms with E-state index in [1.165, 1.54) is 10.6 Å². The molecule has 1 aliphatic rings. The largest absolute Gasteiger partial charge is 0.490 e. The fraction of sp³-hybridized carbons (Fsp3) is 0.276. The minimum Gasteiger partial charge on any atom is -0.475 e. The number of alkyl halides is 3. The standard InChI is InChI=1S/C27H26FN7O4S2.C2HF3O2/c1-15-25(40-26(29)30-15)41(38,39)33-19-10-8-16(9-11-19)12-21-31-22-23(32-21)34(13-17-6-7-17)27(37)35(24(22)36)14-18-4-2-3-5-20(18)28;3-2(4,5)1(6)7/h2-5,8-11,17,33H,6-7,12-14H2,1H3,(H2,29,30)(H,31,32);(H,6,7). The highest BCUT2D eigenvalue weighted by atomic mass is 32.2. The van der Waals surface area contributed by atoms with Crippen molar-refractivity contribution < 1.29 is 35.9 Å². The van der Waals surface area contributed by atoms with Crippen molar-refractivity contribution in [3.05, 3.63) is 97.8 Å². The van der Waals surface area contributed by atoms with Gasteiger partial charge in [-0.2, -0.15) is 13.2 Å². The number of fused-ring (bicyclic) bond motifs is 1. The molecule has 2 aromatic carbocycles. The van der Waals surface area contributed by atoms with Crippen LogP contribution in [-0.4, -0.2) is 49.8 Å². The Morgan fingerprint density at radius 3 is 2.31 bits per heavy atom. The number of hydrogen-bond acceptors (Lipinski definition) is 9. The number of nitrogen functional groups attached to an aromatic ring is 1. The number of anilines is 2. The summed E-state index contributed by atoms with van der Waals surface area (Å²) >= 11 is 0.894. The third-order valence-corrected chi connectivity index (χ3v) is 10.1. The van der Waals surface area contributed by atoms with Gasteiger partial charge in [0.25, 0.3) is 15.6 Å². The normalized spacial score (nSPS) is 13.3. The molecule has 0 aliphatic heterocycles. The number of nitrogens with one attached hydrogen (secondary N) is 2. The zero-order valence-corrected chi connectivity index (χ0v) is 26.5. The molecule has 254 valence electrons. The Kier molecular flexibility index (Phi) is 9.45. The number of carbonyl (C=O) groups is 1. The van der Waals surface area contributed by atoms with E-state index in [1.54, 1.807) is 49.4 Å². The number of aryl methyl sites for hydroxylation is 1. The SMILES string of the molecule is Cc1nc(N)sc1S(=O)(=O)Nc1ccc(Cc2nc3c([nH]2)c(=O)n(Cc2ccccc2F)c(=O)n3CC2CC2)cc1.O=C(O)C(F)(F)F. The number of aromatic amines is 1. The van der Waals surface area contributed by atoms with Gasteiger partial charge in [-0.1, -0.05) is 41.7 Å². The van der Waals surface area contributed by atoms with Crippen LogP contribution in [0.4, 0.5) is 28.4 Å². The second-order valence-corrected chi connectivity index (χ2v) is 13.8. The summed E-state index contributed by atoms with van der Waals surface area (Å²) in [7, 11) is -3.85. The molecule has 0 unspecified atom stereocenters. The average Bonchev–Trinajstić information content (AvgIpc) is 3.63. The van der Waals surface area contributed by atoms with Crippen molar-refractivity contribution in [1.29, 1.82) is 0 Å². The number of halogens is 4. The molecule has 0 saturated heterocycles. The predicted molar refractivity (Wildman–Crippen MR) is 168 cm³/mol. The molecule has 0 amide bonds. The Bertz CT molecular complexity index is 2220. The molecule has 0 spiro atoms. The summed E-state index contributed by atoms with van der Waals surface area (Å²) in [5, 5.41) is 7.30. The van der Waals surface area contributed by atoms with Crippen molar-refractivity contribution in [3.8, 4) is 0 Å². The van der Waals surface area contributed by atoms with Crippen molar-refractivity contribution in [1.82, 2.24) is 24.1 Å². The zero-order valence-electron chi connectivity index (χ0n) is 24.9. The Hall–Kier alpha value is -5.04. The van der Waals surface area contributed by atoms with Gasteiger partial charge in [0.15, 0.2) is 15.0 Å². The minimum absolute atomic E-state index is 0.0549. The second-order valence-electron chi connectivity index (χ2n) is 10.9. The van der Waals surface area contributed by atoms with Gasteiger partial charge in [0.05, 0.1) is 12.2 Å². The van der Waals surface area contributed by atoms with Gasteiger partial charge in [0, 0.05) is 24.2 Å². The number of imidazole rings is 1. The maximum atomic E-state index is 14.4. The number of sulfonamides is 1. The molecule has 0 radical (unpaired) electrons. The van der Waals surface area contributed by atoms with Crippen LogP contribution in [0.3, 0.4) is 0 Å². The van der Waals surface area contributed by atoms with Crippen LogP contribution < -0.4 is 21.7 Å². The summed E-state index contributed by atoms with van der Waals surface area (Å²) in [5.41, 5.74) is 6.74. The molecule has 48 heavy (non-hydrogen) atoms. The van der Waals surface area contributed by atoms with E-state index in [1.807, 2.05) is 0 Å². The fourth-order valence-electron chi connectivity index (χ4n) is 4.70. The van der Waals surface area contributed by atoms with Crippen molar-refractivity contribution in [2.24, 2.45) is 5.92 Å². The van der Waals surface area contributed by atoms with E-state index in [0.29, 0.717) is 36.1 Å². The van der Waals surface area contributed by atoms with Gasteiger partial charge in [0.2, 0.25) is 0 Å². The van der Waals surface area contributed by atoms with E-state index in [-0.39, 0.29) is 32.6 Å². The smallest absolute Gasteiger partial charge is 0.475 e. The Labute approximate surface area is 272 Å². The quantitative estimate of drug-likeness (QED) is 0.164. The molecule has 3 aromatic heterocycles. The fourth-order valence-corrected chi connectivity index (χ4v) is 7.05. The summed E-state index contributed by atoms with van der Waals surface area (Å²) in [5.74, 6) is -2.45. The Balaban J connectivity index is 0.000000582. The number of hydrogen-bond donors (Lipinski definition) is 4. The summed E-state index contributed by atoms with van der Waals surface area (Å²) in [6.45, 7) is 1.82. The maximum absolute atomic E-state index is 14.4. The molecular weight excluding hydrogens is 682 g/mol. The molecule has 0 atom stereocenters. The van der Waals surface area contributed by atoms with Crippen LogP contribution in [0.1, 0.15) is 35.5 Å². The molecule has 3 heterocycles. The van der Waals surface area contributed by atoms with Crippen LogP contribution >= 0.6 is 11.3 Å². The molecule has 5 N–H and O–H groups in total. The van der Waals surface area contributed by atoms with E-state index in [9.17, 15) is 35.6 Å². The van der Waals surface area contributed by atoms with Crippen molar-refractivity contribution in [2.75, 3.05) is 10.5 Å². The van der Waals surface area contributed by atoms with E-state index in [0.717, 1.165) is 34.3 Å². The highest BCUT2D eigenvalue weighted by molar-refractivity contribution is 7.94. The minimum atomic E-state index is -5.08. The third-order valence-electron chi connectivity index (χ3n) is 7.17. The van der Waals surface area contributed by atoms with Crippen LogP contribution in [0.5, 0.6) is 0 Å². The van der Waals surface area contributed by atoms with E-state index < -0.39 is 39.2 Å². The summed E-state index contributed by atoms with van der Waals surface area (Å²) in [6.07, 6.45) is -2.80. The van der Waals surface area contributed by atoms with Crippen molar-refractivity contribution in [2.45, 2.75) is 49.7 Å². The van der Waals surface area contributed by atoms with Crippen molar-refractivity contribution >= 4 is 49.3 Å². The Morgan fingerprint density at radius 1 is 1.10 bits per heavy atom. The number of aliphatic carboxylic acids is 1. The van der Waals surface area contributed by atoms with E-state index >= 15 is 0 Å². The predicted octanol–water partition coefficient (Wildman–Crippen LogP) is 3.86. The number of rotatable bonds is 9. The lowest BCUT2D eigenvalue weighted by Gasteiger charge is -2.11. The number of H-pyrrole nitrogens is 1. The first-order valence-corrected chi connectivity index (χ1v) is 16.4. The molecule has 0 bridgehead atoms. The molecule has 13 nitrogen and oxygen atoms in total. The topological polar surface area (TPSA) is 195 Å². The lowest BCUT2D eigenvalue weighted by molar-refractivity contribution is -0.192. The first kappa shape index (κ1) is 34.3. The summed E-state index contributed by atoms with van der Waals surface area (Å²) < 4.78 is 76.7. The van der Waals surface area contributed by atoms with Crippen LogP contribution in [0, 0.1) is 18.7 Å². The first-order chi connectivity index (χ1) is 22.5. The third kappa shape index (κ3) is 7.73. The van der Waals surface area contributed by atoms with Crippen LogP contribution in [0.25, 0.3) is 11.2 Å². The summed E-state index contributed by atoms with van der Waals surface area (Å²) in [4.78, 5) is 47.3. The molecule has 1 aliphatic carbocycles. The number of aromatic nitrogens is 5. The van der Waals surface area contributed by atoms with Gasteiger partial charge >= 0.3 is 17.8 Å². The molecule has 1 fully saturated rings. The Morgan fingerprint density at radius 2 is 1.75 bits per heavy atom. The van der Waals surface area contributed by atoms with Crippen LogP contribution in [-0.2, 0) is 34.3 Å². The number of thiazole rings is 1. The number of nitrogens with zero attached hydrogens (tertiary/aromatic N) is 4. The number of carboxylic acids is 1. The lowest BCUT2D eigenvalue weighted by atomic mass is 10.1. The van der Waals surface area contributed by atoms with Crippen molar-refractivity contribution in [3.63, 3.8) is 0 Å². The molecule has 5 aromatic rings. The van der Waals surface area contributed by atoms with Gasteiger partial charge in [-0.25, -0.2) is 32.4 Å². The highest BCUT2D eigenvalue weighted by Crippen LogP contribution is 2.31. The monoisotopic (exact) mass is 709 g/mol. The van der Waals surface area contributed by atoms with Crippen LogP contribution in [0.2, 0.25) is 0 Å². The number of nitrogens with two attached hydrogens (primary N) is 1. The van der Waals surface area contributed by atoms with Gasteiger partial charge in [0.1, 0.15) is 17.2 Å². The van der Waals surface area contributed by atoms with E-state index in [2.05, 4.69) is 19.7 Å². The van der Waals surface area contributed by atoms with E-state index in [4.69, 9.17) is 15.6 Å². The van der Waals surface area contributed by atoms with Gasteiger partial charge in [-0.05, 0) is 49.4 Å². The van der Waals surface area contributed by atoms with Gasteiger partial charge in [-0.15, -0.1) is 0 Å². The molecule has 6 rings (SSSR count). The number of benzene rings is 2. The summed E-state index contributed by atoms with van der Waals surface area (Å²) in [6, 6.07) is 12.8. The highest BCUT2D eigenvalue weighted by Gasteiger charge is 2.38. The maximum Gasteiger partial charge on any atom is 0.490 e. The second kappa shape index (κ2) is 13.2. The number of carboxylic acid groups (broad SMARTS) is 1. The van der Waals surface area contributed by atoms with Crippen LogP contribution in [0.15, 0.2) is 62.3 Å². The molecular formula is C29H27F4N7O6S2. The lowest BCUT2D eigenvalue weighted by Crippen LogP contribution is -2.40.